The largest absolute Gasteiger partial charge is 0.0961 e. The molecule has 0 radical (unpaired) electrons. The molecule has 0 unspecified atom stereocenters. The molecule has 0 N–H and O–H groups in total. The summed E-state index contributed by atoms with van der Waals surface area (Å²) in [6.07, 6.45) is 9.62. The first kappa shape index (κ1) is 9.31. The summed E-state index contributed by atoms with van der Waals surface area (Å²) in [5.41, 5.74) is 4.24. The van der Waals surface area contributed by atoms with E-state index in [-0.39, 0.29) is 0 Å². The van der Waals surface area contributed by atoms with Crippen LogP contribution in [0.15, 0.2) is 35.5 Å². The summed E-state index contributed by atoms with van der Waals surface area (Å²) in [6, 6.07) is 0. The van der Waals surface area contributed by atoms with Crippen LogP contribution in [0, 0.1) is 0 Å². The minimum atomic E-state index is 1.14. The molecule has 1 aliphatic carbocycles. The maximum absolute atomic E-state index is 3.86. The van der Waals surface area contributed by atoms with E-state index in [0.29, 0.717) is 0 Å². The van der Waals surface area contributed by atoms with Gasteiger partial charge < -0.3 is 0 Å². The van der Waals surface area contributed by atoms with Gasteiger partial charge in [-0.1, -0.05) is 29.9 Å². The molecule has 0 nitrogen and oxygen atoms in total. The summed E-state index contributed by atoms with van der Waals surface area (Å²) < 4.78 is 0. The van der Waals surface area contributed by atoms with Gasteiger partial charge in [-0.25, -0.2) is 0 Å². The molecule has 0 fully saturated rings. The van der Waals surface area contributed by atoms with Crippen molar-refractivity contribution in [2.24, 2.45) is 0 Å². The van der Waals surface area contributed by atoms with E-state index >= 15 is 0 Å². The smallest absolute Gasteiger partial charge is 0.0279 e. The summed E-state index contributed by atoms with van der Waals surface area (Å²) in [6.45, 7) is 8.14. The van der Waals surface area contributed by atoms with Crippen molar-refractivity contribution in [2.75, 3.05) is 0 Å². The normalized spacial score (nSPS) is 18.8. The molecule has 0 aliphatic heterocycles. The zero-order valence-corrected chi connectivity index (χ0v) is 8.19. The van der Waals surface area contributed by atoms with Crippen LogP contribution in [0.3, 0.4) is 0 Å². The average Bonchev–Trinajstić information content (AvgIpc) is 2.03. The van der Waals surface area contributed by atoms with Crippen molar-refractivity contribution in [3.63, 3.8) is 0 Å². The molecule has 0 aromatic rings. The Bertz CT molecular complexity index is 228. The lowest BCUT2D eigenvalue weighted by molar-refractivity contribution is 0.683. The molecule has 0 aromatic carbocycles. The molecule has 0 atom stereocenters. The summed E-state index contributed by atoms with van der Waals surface area (Å²) in [5, 5.41) is 0. The summed E-state index contributed by atoms with van der Waals surface area (Å²) in [7, 11) is 0. The van der Waals surface area contributed by atoms with Gasteiger partial charge in [0.05, 0.1) is 0 Å². The van der Waals surface area contributed by atoms with E-state index in [1.807, 2.05) is 6.92 Å². The van der Waals surface area contributed by atoms with Crippen molar-refractivity contribution in [1.82, 2.24) is 0 Å². The molecule has 0 spiro atoms. The minimum Gasteiger partial charge on any atom is -0.0961 e. The number of allylic oxidation sites excluding steroid dienone is 5. The maximum Gasteiger partial charge on any atom is -0.0279 e. The van der Waals surface area contributed by atoms with Crippen molar-refractivity contribution in [3.05, 3.63) is 35.5 Å². The van der Waals surface area contributed by atoms with Gasteiger partial charge in [-0.15, -0.1) is 0 Å². The average molecular weight is 162 g/mol. The summed E-state index contributed by atoms with van der Waals surface area (Å²) in [4.78, 5) is 0. The second-order valence-electron chi connectivity index (χ2n) is 3.69. The van der Waals surface area contributed by atoms with Crippen LogP contribution in [0.1, 0.15) is 39.5 Å². The molecule has 0 saturated carbocycles. The van der Waals surface area contributed by atoms with E-state index in [1.54, 1.807) is 5.57 Å². The van der Waals surface area contributed by atoms with Gasteiger partial charge in [0.2, 0.25) is 0 Å². The lowest BCUT2D eigenvalue weighted by Gasteiger charge is -2.14. The lowest BCUT2D eigenvalue weighted by Crippen LogP contribution is -1.94. The Morgan fingerprint density at radius 2 is 2.00 bits per heavy atom. The van der Waals surface area contributed by atoms with Crippen LogP contribution in [0.25, 0.3) is 0 Å². The van der Waals surface area contributed by atoms with Gasteiger partial charge in [-0.05, 0) is 45.1 Å². The Balaban J connectivity index is 2.66. The van der Waals surface area contributed by atoms with Crippen molar-refractivity contribution >= 4 is 0 Å². The Morgan fingerprint density at radius 1 is 1.33 bits per heavy atom. The molecule has 0 bridgehead atoms. The standard InChI is InChI=1S/C12H18/c1-10(2)8-9-12-7-5-4-6-11(12)3/h8-9H,1,4-7H2,2-3H3/b9-8-. The van der Waals surface area contributed by atoms with E-state index in [2.05, 4.69) is 25.7 Å². The number of hydrogen-bond acceptors (Lipinski definition) is 0. The molecule has 12 heavy (non-hydrogen) atoms. The molecule has 66 valence electrons. The fourth-order valence-electron chi connectivity index (χ4n) is 1.55. The van der Waals surface area contributed by atoms with Crippen LogP contribution in [0.4, 0.5) is 0 Å². The highest BCUT2D eigenvalue weighted by molar-refractivity contribution is 5.30. The van der Waals surface area contributed by atoms with Gasteiger partial charge in [0, 0.05) is 0 Å². The third-order valence-electron chi connectivity index (χ3n) is 2.37. The molecule has 1 rings (SSSR count). The topological polar surface area (TPSA) is 0 Å². The Labute approximate surface area is 75.7 Å². The van der Waals surface area contributed by atoms with E-state index < -0.39 is 0 Å². The van der Waals surface area contributed by atoms with Crippen molar-refractivity contribution in [3.8, 4) is 0 Å². The molecule has 0 amide bonds. The van der Waals surface area contributed by atoms with Gasteiger partial charge in [-0.3, -0.25) is 0 Å². The van der Waals surface area contributed by atoms with Crippen LogP contribution < -0.4 is 0 Å². The van der Waals surface area contributed by atoms with Gasteiger partial charge in [0.15, 0.2) is 0 Å². The predicted molar refractivity (Wildman–Crippen MR) is 55.1 cm³/mol. The van der Waals surface area contributed by atoms with Crippen LogP contribution in [-0.4, -0.2) is 0 Å². The Kier molecular flexibility index (Phi) is 3.33. The monoisotopic (exact) mass is 162 g/mol. The third-order valence-corrected chi connectivity index (χ3v) is 2.37. The zero-order valence-electron chi connectivity index (χ0n) is 8.19. The zero-order chi connectivity index (χ0) is 8.97. The van der Waals surface area contributed by atoms with E-state index in [0.717, 1.165) is 5.57 Å². The third kappa shape index (κ3) is 2.69. The van der Waals surface area contributed by atoms with Gasteiger partial charge in [-0.2, -0.15) is 0 Å². The number of hydrogen-bond donors (Lipinski definition) is 0. The maximum atomic E-state index is 3.86. The molecule has 0 aromatic heterocycles. The first-order valence-electron chi connectivity index (χ1n) is 4.72. The summed E-state index contributed by atoms with van der Waals surface area (Å²) >= 11 is 0. The molecule has 0 heterocycles. The fourth-order valence-corrected chi connectivity index (χ4v) is 1.55. The van der Waals surface area contributed by atoms with E-state index in [1.165, 1.54) is 31.3 Å². The highest BCUT2D eigenvalue weighted by atomic mass is 14.1. The fraction of sp³-hybridized carbons (Fsp3) is 0.500. The highest BCUT2D eigenvalue weighted by Gasteiger charge is 2.05. The predicted octanol–water partition coefficient (Wildman–Crippen LogP) is 4.01. The van der Waals surface area contributed by atoms with E-state index in [4.69, 9.17) is 0 Å². The second-order valence-corrected chi connectivity index (χ2v) is 3.69. The lowest BCUT2D eigenvalue weighted by atomic mass is 9.92. The SMILES string of the molecule is C=C(C)/C=C\C1=C(C)CCCC1. The quantitative estimate of drug-likeness (QED) is 0.538. The highest BCUT2D eigenvalue weighted by Crippen LogP contribution is 2.25. The van der Waals surface area contributed by atoms with Gasteiger partial charge in [0.25, 0.3) is 0 Å². The van der Waals surface area contributed by atoms with Gasteiger partial charge >= 0.3 is 0 Å². The van der Waals surface area contributed by atoms with Crippen molar-refractivity contribution in [2.45, 2.75) is 39.5 Å². The van der Waals surface area contributed by atoms with Crippen LogP contribution in [0.2, 0.25) is 0 Å². The first-order chi connectivity index (χ1) is 5.70. The van der Waals surface area contributed by atoms with Crippen LogP contribution in [-0.2, 0) is 0 Å². The van der Waals surface area contributed by atoms with Crippen LogP contribution >= 0.6 is 0 Å². The summed E-state index contributed by atoms with van der Waals surface area (Å²) in [5.74, 6) is 0. The Morgan fingerprint density at radius 3 is 2.58 bits per heavy atom. The molecule has 1 aliphatic rings. The van der Waals surface area contributed by atoms with Crippen LogP contribution in [0.5, 0.6) is 0 Å². The van der Waals surface area contributed by atoms with E-state index in [9.17, 15) is 0 Å². The number of rotatable bonds is 2. The first-order valence-corrected chi connectivity index (χ1v) is 4.72. The van der Waals surface area contributed by atoms with Gasteiger partial charge in [0.1, 0.15) is 0 Å². The van der Waals surface area contributed by atoms with Crippen molar-refractivity contribution in [1.29, 1.82) is 0 Å². The molecule has 0 heteroatoms. The molecular formula is C12H18. The second kappa shape index (κ2) is 4.30. The molecule has 0 saturated heterocycles. The molecular weight excluding hydrogens is 144 g/mol. The van der Waals surface area contributed by atoms with Crippen molar-refractivity contribution < 1.29 is 0 Å². The Hall–Kier alpha value is -0.780. The minimum absolute atomic E-state index is 1.14.